The fourth-order valence-corrected chi connectivity index (χ4v) is 0.275. The molecule has 0 aliphatic rings. The van der Waals surface area contributed by atoms with Gasteiger partial charge in [0.1, 0.15) is 6.61 Å². The molecule has 0 aliphatic heterocycles. The minimum atomic E-state index is -0.241. The zero-order valence-corrected chi connectivity index (χ0v) is 5.33. The van der Waals surface area contributed by atoms with Crippen LogP contribution in [0.5, 0.6) is 0 Å². The number of carbonyl (C=O) groups excluding carboxylic acids is 1. The highest BCUT2D eigenvalue weighted by atomic mass is 16.5. The smallest absolute Gasteiger partial charge is 0.305 e. The molecule has 0 spiro atoms. The summed E-state index contributed by atoms with van der Waals surface area (Å²) in [5.41, 5.74) is 0. The van der Waals surface area contributed by atoms with Crippen LogP contribution in [-0.2, 0) is 9.53 Å². The average molecular weight is 130 g/mol. The maximum Gasteiger partial charge on any atom is 0.305 e. The second-order valence-corrected chi connectivity index (χ2v) is 1.37. The SMILES string of the molecule is CCC(=O)OCC=NN. The van der Waals surface area contributed by atoms with Gasteiger partial charge >= 0.3 is 5.97 Å². The van der Waals surface area contributed by atoms with Crippen LogP contribution < -0.4 is 5.84 Å². The molecule has 0 fully saturated rings. The van der Waals surface area contributed by atoms with E-state index in [1.165, 1.54) is 6.21 Å². The lowest BCUT2D eigenvalue weighted by atomic mass is 10.5. The van der Waals surface area contributed by atoms with Crippen molar-refractivity contribution in [2.45, 2.75) is 13.3 Å². The maximum atomic E-state index is 10.4. The molecule has 0 atom stereocenters. The summed E-state index contributed by atoms with van der Waals surface area (Å²) in [5, 5.41) is 3.14. The summed E-state index contributed by atoms with van der Waals surface area (Å²) in [5.74, 6) is 4.49. The Morgan fingerprint density at radius 1 is 1.89 bits per heavy atom. The van der Waals surface area contributed by atoms with Crippen molar-refractivity contribution in [2.75, 3.05) is 6.61 Å². The van der Waals surface area contributed by atoms with E-state index in [9.17, 15) is 4.79 Å². The van der Waals surface area contributed by atoms with Gasteiger partial charge in [0.25, 0.3) is 0 Å². The van der Waals surface area contributed by atoms with Gasteiger partial charge in [-0.05, 0) is 0 Å². The van der Waals surface area contributed by atoms with Crippen LogP contribution in [-0.4, -0.2) is 18.8 Å². The maximum absolute atomic E-state index is 10.4. The fraction of sp³-hybridized carbons (Fsp3) is 0.600. The third-order valence-electron chi connectivity index (χ3n) is 0.713. The molecule has 0 saturated heterocycles. The molecule has 0 heterocycles. The minimum absolute atomic E-state index is 0.170. The first-order chi connectivity index (χ1) is 4.31. The Bertz CT molecular complexity index is 112. The summed E-state index contributed by atoms with van der Waals surface area (Å²) in [6, 6.07) is 0. The first kappa shape index (κ1) is 7.94. The number of esters is 1. The van der Waals surface area contributed by atoms with Crippen molar-refractivity contribution in [3.8, 4) is 0 Å². The number of carbonyl (C=O) groups is 1. The molecule has 0 rings (SSSR count). The molecule has 9 heavy (non-hydrogen) atoms. The van der Waals surface area contributed by atoms with Crippen LogP contribution in [0, 0.1) is 0 Å². The van der Waals surface area contributed by atoms with Crippen LogP contribution >= 0.6 is 0 Å². The summed E-state index contributed by atoms with van der Waals surface area (Å²) in [6.07, 6.45) is 1.71. The monoisotopic (exact) mass is 130 g/mol. The van der Waals surface area contributed by atoms with Crippen LogP contribution in [0.25, 0.3) is 0 Å². The number of hydrogen-bond acceptors (Lipinski definition) is 4. The van der Waals surface area contributed by atoms with Crippen molar-refractivity contribution in [3.05, 3.63) is 0 Å². The van der Waals surface area contributed by atoms with Crippen molar-refractivity contribution in [3.63, 3.8) is 0 Å². The van der Waals surface area contributed by atoms with Crippen LogP contribution in [0.1, 0.15) is 13.3 Å². The van der Waals surface area contributed by atoms with E-state index in [2.05, 4.69) is 9.84 Å². The van der Waals surface area contributed by atoms with Crippen molar-refractivity contribution in [1.29, 1.82) is 0 Å². The highest BCUT2D eigenvalue weighted by molar-refractivity contribution is 5.71. The van der Waals surface area contributed by atoms with E-state index in [4.69, 9.17) is 5.84 Å². The Balaban J connectivity index is 3.17. The molecule has 0 aromatic heterocycles. The summed E-state index contributed by atoms with van der Waals surface area (Å²) < 4.78 is 4.56. The van der Waals surface area contributed by atoms with Crippen LogP contribution in [0.3, 0.4) is 0 Å². The Hall–Kier alpha value is -1.06. The van der Waals surface area contributed by atoms with E-state index in [1.54, 1.807) is 6.92 Å². The number of hydrogen-bond donors (Lipinski definition) is 1. The quantitative estimate of drug-likeness (QED) is 0.251. The second-order valence-electron chi connectivity index (χ2n) is 1.37. The number of ether oxygens (including phenoxy) is 1. The molecule has 0 unspecified atom stereocenters. The highest BCUT2D eigenvalue weighted by Gasteiger charge is 1.93. The number of nitrogens with two attached hydrogens (primary N) is 1. The van der Waals surface area contributed by atoms with Gasteiger partial charge < -0.3 is 10.6 Å². The van der Waals surface area contributed by atoms with Gasteiger partial charge in [0.15, 0.2) is 0 Å². The molecule has 0 bridgehead atoms. The number of nitrogens with zero attached hydrogens (tertiary/aromatic N) is 1. The van der Waals surface area contributed by atoms with Gasteiger partial charge in [-0.15, -0.1) is 0 Å². The standard InChI is InChI=1S/C5H10N2O2/c1-2-5(8)9-4-3-7-6/h3H,2,4,6H2,1H3. The Kier molecular flexibility index (Phi) is 4.49. The molecule has 0 aromatic rings. The van der Waals surface area contributed by atoms with Crippen molar-refractivity contribution >= 4 is 12.2 Å². The van der Waals surface area contributed by atoms with Crippen molar-refractivity contribution in [1.82, 2.24) is 0 Å². The second kappa shape index (κ2) is 5.08. The summed E-state index contributed by atoms with van der Waals surface area (Å²) in [6.45, 7) is 1.89. The molecule has 0 saturated carbocycles. The van der Waals surface area contributed by atoms with Crippen molar-refractivity contribution < 1.29 is 9.53 Å². The van der Waals surface area contributed by atoms with Crippen molar-refractivity contribution in [2.24, 2.45) is 10.9 Å². The predicted molar refractivity (Wildman–Crippen MR) is 33.9 cm³/mol. The Labute approximate surface area is 53.7 Å². The Morgan fingerprint density at radius 2 is 2.56 bits per heavy atom. The van der Waals surface area contributed by atoms with Gasteiger partial charge in [0.05, 0.1) is 6.21 Å². The van der Waals surface area contributed by atoms with Gasteiger partial charge in [0, 0.05) is 6.42 Å². The molecule has 4 heteroatoms. The van der Waals surface area contributed by atoms with E-state index in [0.717, 1.165) is 0 Å². The van der Waals surface area contributed by atoms with Crippen LogP contribution in [0.4, 0.5) is 0 Å². The largest absolute Gasteiger partial charge is 0.460 e. The zero-order valence-electron chi connectivity index (χ0n) is 5.33. The zero-order chi connectivity index (χ0) is 7.11. The van der Waals surface area contributed by atoms with Gasteiger partial charge in [-0.1, -0.05) is 6.92 Å². The first-order valence-electron chi connectivity index (χ1n) is 2.68. The molecule has 0 aliphatic carbocycles. The molecule has 0 radical (unpaired) electrons. The van der Waals surface area contributed by atoms with E-state index >= 15 is 0 Å². The lowest BCUT2D eigenvalue weighted by Gasteiger charge is -1.94. The van der Waals surface area contributed by atoms with E-state index in [-0.39, 0.29) is 12.6 Å². The minimum Gasteiger partial charge on any atom is -0.460 e. The average Bonchev–Trinajstić information content (AvgIpc) is 1.89. The third kappa shape index (κ3) is 4.80. The molecule has 52 valence electrons. The van der Waals surface area contributed by atoms with Crippen LogP contribution in [0.2, 0.25) is 0 Å². The number of hydrazone groups is 1. The molecule has 2 N–H and O–H groups in total. The van der Waals surface area contributed by atoms with Crippen LogP contribution in [0.15, 0.2) is 5.10 Å². The molecule has 0 amide bonds. The predicted octanol–water partition coefficient (Wildman–Crippen LogP) is -0.116. The molecule has 4 nitrogen and oxygen atoms in total. The summed E-state index contributed by atoms with van der Waals surface area (Å²) >= 11 is 0. The third-order valence-corrected chi connectivity index (χ3v) is 0.713. The van der Waals surface area contributed by atoms with E-state index in [0.29, 0.717) is 6.42 Å². The summed E-state index contributed by atoms with van der Waals surface area (Å²) in [4.78, 5) is 10.4. The lowest BCUT2D eigenvalue weighted by Crippen LogP contribution is -2.05. The van der Waals surface area contributed by atoms with Gasteiger partial charge in [-0.2, -0.15) is 5.10 Å². The molecular weight excluding hydrogens is 120 g/mol. The van der Waals surface area contributed by atoms with Gasteiger partial charge in [-0.3, -0.25) is 4.79 Å². The first-order valence-corrected chi connectivity index (χ1v) is 2.68. The normalized spacial score (nSPS) is 9.89. The van der Waals surface area contributed by atoms with E-state index < -0.39 is 0 Å². The number of rotatable bonds is 3. The lowest BCUT2D eigenvalue weighted by molar-refractivity contribution is -0.141. The summed E-state index contributed by atoms with van der Waals surface area (Å²) in [7, 11) is 0. The fourth-order valence-electron chi connectivity index (χ4n) is 0.275. The topological polar surface area (TPSA) is 64.7 Å². The Morgan fingerprint density at radius 3 is 3.00 bits per heavy atom. The highest BCUT2D eigenvalue weighted by Crippen LogP contribution is 1.80. The molecular formula is C5H10N2O2. The van der Waals surface area contributed by atoms with Gasteiger partial charge in [-0.25, -0.2) is 0 Å². The van der Waals surface area contributed by atoms with E-state index in [1.807, 2.05) is 0 Å². The molecule has 0 aromatic carbocycles. The van der Waals surface area contributed by atoms with Gasteiger partial charge in [0.2, 0.25) is 0 Å².